The Labute approximate surface area is 98.7 Å². The van der Waals surface area contributed by atoms with E-state index >= 15 is 0 Å². The van der Waals surface area contributed by atoms with Crippen LogP contribution < -0.4 is 0 Å². The molecule has 1 atom stereocenters. The van der Waals surface area contributed by atoms with Crippen molar-refractivity contribution < 1.29 is 35.9 Å². The molecule has 0 spiro atoms. The third-order valence-electron chi connectivity index (χ3n) is 2.80. The molecule has 18 heavy (non-hydrogen) atoms. The van der Waals surface area contributed by atoms with Crippen LogP contribution in [0, 0.1) is 5.92 Å². The number of hydrogen-bond donors (Lipinski definition) is 0. The van der Waals surface area contributed by atoms with E-state index in [-0.39, 0.29) is 4.90 Å². The highest BCUT2D eigenvalue weighted by Crippen LogP contribution is 2.52. The summed E-state index contributed by atoms with van der Waals surface area (Å²) in [5.74, 6) is -2.27. The summed E-state index contributed by atoms with van der Waals surface area (Å²) in [6.45, 7) is 2.68. The van der Waals surface area contributed by atoms with Gasteiger partial charge in [-0.2, -0.15) is 26.3 Å². The molecule has 9 heteroatoms. The first kappa shape index (κ1) is 15.1. The van der Waals surface area contributed by atoms with Crippen LogP contribution in [0.1, 0.15) is 13.8 Å². The van der Waals surface area contributed by atoms with E-state index in [1.807, 2.05) is 0 Å². The Hall–Kier alpha value is -0.990. The van der Waals surface area contributed by atoms with Crippen LogP contribution in [0.4, 0.5) is 26.3 Å². The van der Waals surface area contributed by atoms with Crippen molar-refractivity contribution in [1.82, 2.24) is 4.90 Å². The average molecular weight is 279 g/mol. The largest absolute Gasteiger partial charge is 0.453 e. The molecule has 0 bridgehead atoms. The second-order valence-corrected chi connectivity index (χ2v) is 4.36. The van der Waals surface area contributed by atoms with E-state index in [0.717, 1.165) is 0 Å². The first-order chi connectivity index (χ1) is 7.86. The lowest BCUT2D eigenvalue weighted by Crippen LogP contribution is -2.65. The lowest BCUT2D eigenvalue weighted by atomic mass is 10.0. The van der Waals surface area contributed by atoms with E-state index in [0.29, 0.717) is 7.05 Å². The molecule has 106 valence electrons. The van der Waals surface area contributed by atoms with Crippen LogP contribution in [0.2, 0.25) is 0 Å². The van der Waals surface area contributed by atoms with Crippen molar-refractivity contribution in [1.29, 1.82) is 0 Å². The third-order valence-corrected chi connectivity index (χ3v) is 2.80. The molecule has 0 aromatic rings. The van der Waals surface area contributed by atoms with Crippen LogP contribution in [0.15, 0.2) is 0 Å². The van der Waals surface area contributed by atoms with Crippen molar-refractivity contribution in [2.24, 2.45) is 5.92 Å². The van der Waals surface area contributed by atoms with E-state index in [2.05, 4.69) is 4.74 Å². The molecule has 1 fully saturated rings. The van der Waals surface area contributed by atoms with Gasteiger partial charge in [0.25, 0.3) is 0 Å². The Balaban J connectivity index is 3.37. The fraction of sp³-hybridized carbons (Fsp3) is 0.889. The van der Waals surface area contributed by atoms with Crippen molar-refractivity contribution in [3.8, 4) is 0 Å². The zero-order chi connectivity index (χ0) is 14.5. The second kappa shape index (κ2) is 4.01. The molecule has 0 saturated carbocycles. The number of cyclic esters (lactones) is 1. The summed E-state index contributed by atoms with van der Waals surface area (Å²) < 4.78 is 80.1. The Morgan fingerprint density at radius 2 is 1.56 bits per heavy atom. The number of likely N-dealkylation sites (N-methyl/N-ethyl adjacent to an activating group) is 1. The molecule has 0 radical (unpaired) electrons. The lowest BCUT2D eigenvalue weighted by molar-refractivity contribution is -0.399. The lowest BCUT2D eigenvalue weighted by Gasteiger charge is -2.37. The summed E-state index contributed by atoms with van der Waals surface area (Å²) in [5.41, 5.74) is -4.56. The van der Waals surface area contributed by atoms with E-state index in [9.17, 15) is 31.1 Å². The van der Waals surface area contributed by atoms with Gasteiger partial charge >= 0.3 is 24.0 Å². The molecule has 0 amide bonds. The number of halogens is 6. The first-order valence-electron chi connectivity index (χ1n) is 4.95. The molecular formula is C9H11F6NO2. The van der Waals surface area contributed by atoms with Gasteiger partial charge in [0.15, 0.2) is 0 Å². The first-order valence-corrected chi connectivity index (χ1v) is 4.95. The van der Waals surface area contributed by atoms with Gasteiger partial charge in [-0.05, 0) is 13.0 Å². The monoisotopic (exact) mass is 279 g/mol. The van der Waals surface area contributed by atoms with Gasteiger partial charge in [-0.3, -0.25) is 4.79 Å². The maximum Gasteiger partial charge on any atom is 0.453 e. The molecule has 0 aromatic carbocycles. The normalized spacial score (nSPS) is 25.7. The summed E-state index contributed by atoms with van der Waals surface area (Å²) in [5, 5.41) is 0. The van der Waals surface area contributed by atoms with Crippen LogP contribution >= 0.6 is 0 Å². The highest BCUT2D eigenvalue weighted by molar-refractivity contribution is 5.79. The molecule has 1 rings (SSSR count). The van der Waals surface area contributed by atoms with Gasteiger partial charge in [-0.1, -0.05) is 13.8 Å². The van der Waals surface area contributed by atoms with Gasteiger partial charge in [0.05, 0.1) is 0 Å². The fourth-order valence-electron chi connectivity index (χ4n) is 2.03. The Morgan fingerprint density at radius 1 is 1.17 bits per heavy atom. The number of hydrogen-bond acceptors (Lipinski definition) is 3. The Kier molecular flexibility index (Phi) is 3.35. The van der Waals surface area contributed by atoms with Gasteiger partial charge < -0.3 is 4.74 Å². The summed E-state index contributed by atoms with van der Waals surface area (Å²) in [7, 11) is 0.580. The molecule has 0 aliphatic carbocycles. The van der Waals surface area contributed by atoms with Crippen molar-refractivity contribution in [2.45, 2.75) is 38.0 Å². The van der Waals surface area contributed by atoms with E-state index in [1.54, 1.807) is 0 Å². The van der Waals surface area contributed by atoms with Gasteiger partial charge in [0, 0.05) is 0 Å². The highest BCUT2D eigenvalue weighted by Gasteiger charge is 2.81. The van der Waals surface area contributed by atoms with Crippen LogP contribution in [-0.2, 0) is 9.53 Å². The van der Waals surface area contributed by atoms with Crippen LogP contribution in [0.3, 0.4) is 0 Å². The summed E-state index contributed by atoms with van der Waals surface area (Å²) >= 11 is 0. The van der Waals surface area contributed by atoms with E-state index < -0.39 is 36.0 Å². The molecule has 1 aliphatic heterocycles. The number of rotatable bonds is 1. The average Bonchev–Trinajstić information content (AvgIpc) is 2.35. The number of nitrogens with zero attached hydrogens (tertiary/aromatic N) is 1. The number of esters is 1. The molecule has 0 N–H and O–H groups in total. The van der Waals surface area contributed by atoms with Crippen LogP contribution in [0.25, 0.3) is 0 Å². The summed E-state index contributed by atoms with van der Waals surface area (Å²) in [6, 6.07) is -1.59. The topological polar surface area (TPSA) is 29.5 Å². The van der Waals surface area contributed by atoms with E-state index in [4.69, 9.17) is 0 Å². The minimum absolute atomic E-state index is 0.0972. The van der Waals surface area contributed by atoms with Crippen molar-refractivity contribution in [2.75, 3.05) is 7.05 Å². The smallest absolute Gasteiger partial charge is 0.423 e. The second-order valence-electron chi connectivity index (χ2n) is 4.36. The maximum absolute atomic E-state index is 12.7. The minimum Gasteiger partial charge on any atom is -0.423 e. The fourth-order valence-corrected chi connectivity index (χ4v) is 2.03. The standard InChI is InChI=1S/C9H11F6NO2/c1-4(2)5-6(17)18-7(16(5)3,8(10,11)12)9(13,14)15/h4-5H,1-3H3. The molecule has 1 saturated heterocycles. The van der Waals surface area contributed by atoms with Crippen LogP contribution in [-0.4, -0.2) is 42.0 Å². The number of alkyl halides is 6. The number of carbonyl (C=O) groups is 1. The van der Waals surface area contributed by atoms with Crippen LogP contribution in [0.5, 0.6) is 0 Å². The van der Waals surface area contributed by atoms with Crippen molar-refractivity contribution in [3.05, 3.63) is 0 Å². The minimum atomic E-state index is -5.76. The predicted molar refractivity (Wildman–Crippen MR) is 47.3 cm³/mol. The highest BCUT2D eigenvalue weighted by atomic mass is 19.4. The molecule has 0 aromatic heterocycles. The SMILES string of the molecule is CC(C)C1C(=O)OC(C(F)(F)F)(C(F)(F)F)N1C. The number of carbonyl (C=O) groups excluding carboxylic acids is 1. The zero-order valence-corrected chi connectivity index (χ0v) is 9.69. The number of ether oxygens (including phenoxy) is 1. The molecule has 1 aliphatic rings. The summed E-state index contributed by atoms with van der Waals surface area (Å²) in [4.78, 5) is 11.2. The van der Waals surface area contributed by atoms with Gasteiger partial charge in [-0.25, -0.2) is 4.90 Å². The third kappa shape index (κ3) is 1.84. The van der Waals surface area contributed by atoms with Gasteiger partial charge in [-0.15, -0.1) is 0 Å². The Bertz CT molecular complexity index is 334. The molecular weight excluding hydrogens is 268 g/mol. The molecule has 1 unspecified atom stereocenters. The van der Waals surface area contributed by atoms with Gasteiger partial charge in [0.1, 0.15) is 6.04 Å². The quantitative estimate of drug-likeness (QED) is 0.545. The van der Waals surface area contributed by atoms with Gasteiger partial charge in [0.2, 0.25) is 0 Å². The molecule has 3 nitrogen and oxygen atoms in total. The van der Waals surface area contributed by atoms with E-state index in [1.165, 1.54) is 13.8 Å². The van der Waals surface area contributed by atoms with Crippen molar-refractivity contribution >= 4 is 5.97 Å². The predicted octanol–water partition coefficient (Wildman–Crippen LogP) is 2.32. The Morgan fingerprint density at radius 3 is 1.72 bits per heavy atom. The molecule has 1 heterocycles. The maximum atomic E-state index is 12.7. The van der Waals surface area contributed by atoms with Crippen molar-refractivity contribution in [3.63, 3.8) is 0 Å². The zero-order valence-electron chi connectivity index (χ0n) is 9.69. The summed E-state index contributed by atoms with van der Waals surface area (Å²) in [6.07, 6.45) is -11.5.